The molecule has 0 saturated heterocycles. The summed E-state index contributed by atoms with van der Waals surface area (Å²) in [5.74, 6) is 2.68. The van der Waals surface area contributed by atoms with Gasteiger partial charge in [-0.05, 0) is 56.4 Å². The lowest BCUT2D eigenvalue weighted by Crippen LogP contribution is -2.57. The molecular formula is C17H34N2. The summed E-state index contributed by atoms with van der Waals surface area (Å²) >= 11 is 0. The SMILES string of the molecule is CCCN(CC1CC1)C1(CN)CCCC(C(C)C)C1. The topological polar surface area (TPSA) is 29.3 Å². The van der Waals surface area contributed by atoms with Gasteiger partial charge in [0, 0.05) is 18.6 Å². The lowest BCUT2D eigenvalue weighted by Gasteiger charge is -2.49. The Labute approximate surface area is 120 Å². The lowest BCUT2D eigenvalue weighted by molar-refractivity contribution is 0.0218. The maximum Gasteiger partial charge on any atom is 0.0334 e. The van der Waals surface area contributed by atoms with Gasteiger partial charge in [0.2, 0.25) is 0 Å². The highest BCUT2D eigenvalue weighted by atomic mass is 15.2. The van der Waals surface area contributed by atoms with Crippen molar-refractivity contribution in [1.29, 1.82) is 0 Å². The van der Waals surface area contributed by atoms with E-state index < -0.39 is 0 Å². The molecule has 2 unspecified atom stereocenters. The van der Waals surface area contributed by atoms with E-state index in [2.05, 4.69) is 25.7 Å². The second-order valence-corrected chi connectivity index (χ2v) is 7.42. The molecule has 0 aromatic carbocycles. The number of rotatable bonds is 7. The maximum atomic E-state index is 6.29. The van der Waals surface area contributed by atoms with Crippen molar-refractivity contribution in [2.45, 2.75) is 71.3 Å². The minimum Gasteiger partial charge on any atom is -0.329 e. The highest BCUT2D eigenvalue weighted by Gasteiger charge is 2.42. The molecule has 2 fully saturated rings. The molecule has 0 bridgehead atoms. The van der Waals surface area contributed by atoms with Crippen molar-refractivity contribution in [1.82, 2.24) is 4.90 Å². The zero-order chi connectivity index (χ0) is 13.9. The number of nitrogens with two attached hydrogens (primary N) is 1. The third-order valence-corrected chi connectivity index (χ3v) is 5.52. The van der Waals surface area contributed by atoms with Crippen LogP contribution >= 0.6 is 0 Å². The molecule has 2 atom stereocenters. The molecule has 0 aromatic heterocycles. The van der Waals surface area contributed by atoms with Gasteiger partial charge in [-0.15, -0.1) is 0 Å². The average Bonchev–Trinajstić information content (AvgIpc) is 3.22. The molecule has 2 nitrogen and oxygen atoms in total. The van der Waals surface area contributed by atoms with E-state index in [1.807, 2.05) is 0 Å². The van der Waals surface area contributed by atoms with E-state index in [4.69, 9.17) is 5.73 Å². The van der Waals surface area contributed by atoms with Crippen LogP contribution in [0.15, 0.2) is 0 Å². The monoisotopic (exact) mass is 266 g/mol. The molecule has 2 aliphatic carbocycles. The van der Waals surface area contributed by atoms with Crippen LogP contribution in [0.3, 0.4) is 0 Å². The summed E-state index contributed by atoms with van der Waals surface area (Å²) in [6, 6.07) is 0. The van der Waals surface area contributed by atoms with E-state index in [-0.39, 0.29) is 0 Å². The van der Waals surface area contributed by atoms with Crippen LogP contribution in [-0.4, -0.2) is 30.1 Å². The zero-order valence-electron chi connectivity index (χ0n) is 13.3. The molecule has 0 spiro atoms. The molecule has 2 saturated carbocycles. The van der Waals surface area contributed by atoms with Gasteiger partial charge < -0.3 is 5.73 Å². The van der Waals surface area contributed by atoms with E-state index in [1.165, 1.54) is 58.0 Å². The summed E-state index contributed by atoms with van der Waals surface area (Å²) in [5, 5.41) is 0. The molecule has 2 rings (SSSR count). The van der Waals surface area contributed by atoms with E-state index in [1.54, 1.807) is 0 Å². The van der Waals surface area contributed by atoms with Crippen molar-refractivity contribution in [2.75, 3.05) is 19.6 Å². The molecule has 19 heavy (non-hydrogen) atoms. The third kappa shape index (κ3) is 3.72. The van der Waals surface area contributed by atoms with Gasteiger partial charge in [0.05, 0.1) is 0 Å². The summed E-state index contributed by atoms with van der Waals surface area (Å²) in [7, 11) is 0. The van der Waals surface area contributed by atoms with Crippen molar-refractivity contribution in [3.63, 3.8) is 0 Å². The Morgan fingerprint density at radius 1 is 1.26 bits per heavy atom. The summed E-state index contributed by atoms with van der Waals surface area (Å²) < 4.78 is 0. The van der Waals surface area contributed by atoms with Crippen LogP contribution in [0.2, 0.25) is 0 Å². The van der Waals surface area contributed by atoms with Gasteiger partial charge in [0.1, 0.15) is 0 Å². The molecule has 2 aliphatic rings. The zero-order valence-corrected chi connectivity index (χ0v) is 13.3. The van der Waals surface area contributed by atoms with Crippen LogP contribution in [0.1, 0.15) is 65.7 Å². The van der Waals surface area contributed by atoms with Crippen molar-refractivity contribution in [3.8, 4) is 0 Å². The Kier molecular flexibility index (Phi) is 5.30. The molecule has 112 valence electrons. The summed E-state index contributed by atoms with van der Waals surface area (Å²) in [6.45, 7) is 10.5. The standard InChI is InChI=1S/C17H34N2/c1-4-10-19(12-15-7-8-15)17(13-18)9-5-6-16(11-17)14(2)3/h14-16H,4-13,18H2,1-3H3. The Bertz CT molecular complexity index is 272. The van der Waals surface area contributed by atoms with Gasteiger partial charge in [-0.25, -0.2) is 0 Å². The normalized spacial score (nSPS) is 32.2. The second kappa shape index (κ2) is 6.58. The predicted octanol–water partition coefficient (Wildman–Crippen LogP) is 3.65. The largest absolute Gasteiger partial charge is 0.329 e. The first-order chi connectivity index (χ1) is 9.11. The van der Waals surface area contributed by atoms with E-state index in [0.29, 0.717) is 5.54 Å². The van der Waals surface area contributed by atoms with Crippen LogP contribution in [-0.2, 0) is 0 Å². The minimum absolute atomic E-state index is 0.325. The highest BCUT2D eigenvalue weighted by molar-refractivity contribution is 4.98. The van der Waals surface area contributed by atoms with Crippen LogP contribution < -0.4 is 5.73 Å². The summed E-state index contributed by atoms with van der Waals surface area (Å²) in [6.07, 6.45) is 9.64. The van der Waals surface area contributed by atoms with Gasteiger partial charge >= 0.3 is 0 Å². The Hall–Kier alpha value is -0.0800. The molecule has 0 amide bonds. The first kappa shape index (κ1) is 15.3. The number of hydrogen-bond donors (Lipinski definition) is 1. The van der Waals surface area contributed by atoms with Crippen LogP contribution in [0.5, 0.6) is 0 Å². The van der Waals surface area contributed by atoms with Crippen molar-refractivity contribution < 1.29 is 0 Å². The van der Waals surface area contributed by atoms with E-state index in [0.717, 1.165) is 24.3 Å². The second-order valence-electron chi connectivity index (χ2n) is 7.42. The maximum absolute atomic E-state index is 6.29. The third-order valence-electron chi connectivity index (χ3n) is 5.52. The fourth-order valence-electron chi connectivity index (χ4n) is 3.96. The van der Waals surface area contributed by atoms with Gasteiger partial charge in [0.25, 0.3) is 0 Å². The van der Waals surface area contributed by atoms with Crippen molar-refractivity contribution in [2.24, 2.45) is 23.5 Å². The molecule has 0 aliphatic heterocycles. The Balaban J connectivity index is 2.07. The first-order valence-electron chi connectivity index (χ1n) is 8.56. The van der Waals surface area contributed by atoms with Crippen molar-refractivity contribution in [3.05, 3.63) is 0 Å². The molecule has 0 aromatic rings. The van der Waals surface area contributed by atoms with E-state index >= 15 is 0 Å². The Morgan fingerprint density at radius 2 is 2.00 bits per heavy atom. The molecular weight excluding hydrogens is 232 g/mol. The molecule has 0 radical (unpaired) electrons. The smallest absolute Gasteiger partial charge is 0.0334 e. The van der Waals surface area contributed by atoms with Crippen molar-refractivity contribution >= 4 is 0 Å². The van der Waals surface area contributed by atoms with Gasteiger partial charge in [0.15, 0.2) is 0 Å². The van der Waals surface area contributed by atoms with E-state index in [9.17, 15) is 0 Å². The summed E-state index contributed by atoms with van der Waals surface area (Å²) in [4.78, 5) is 2.79. The predicted molar refractivity (Wildman–Crippen MR) is 83.2 cm³/mol. The lowest BCUT2D eigenvalue weighted by atomic mass is 9.70. The van der Waals surface area contributed by atoms with Crippen LogP contribution in [0.25, 0.3) is 0 Å². The molecule has 2 N–H and O–H groups in total. The quantitative estimate of drug-likeness (QED) is 0.762. The number of hydrogen-bond acceptors (Lipinski definition) is 2. The fourth-order valence-corrected chi connectivity index (χ4v) is 3.96. The first-order valence-corrected chi connectivity index (χ1v) is 8.56. The summed E-state index contributed by atoms with van der Waals surface area (Å²) in [5.41, 5.74) is 6.61. The average molecular weight is 266 g/mol. The highest BCUT2D eigenvalue weighted by Crippen LogP contribution is 2.41. The van der Waals surface area contributed by atoms with Crippen LogP contribution in [0, 0.1) is 17.8 Å². The number of nitrogens with zero attached hydrogens (tertiary/aromatic N) is 1. The minimum atomic E-state index is 0.325. The van der Waals surface area contributed by atoms with Gasteiger partial charge in [-0.3, -0.25) is 4.90 Å². The van der Waals surface area contributed by atoms with Gasteiger partial charge in [-0.2, -0.15) is 0 Å². The Morgan fingerprint density at radius 3 is 2.53 bits per heavy atom. The molecule has 0 heterocycles. The van der Waals surface area contributed by atoms with Crippen LogP contribution in [0.4, 0.5) is 0 Å². The molecule has 2 heteroatoms. The van der Waals surface area contributed by atoms with Gasteiger partial charge in [-0.1, -0.05) is 33.6 Å². The fraction of sp³-hybridized carbons (Fsp3) is 1.00.